The quantitative estimate of drug-likeness (QED) is 0.610. The van der Waals surface area contributed by atoms with E-state index in [0.717, 1.165) is 22.9 Å². The number of rotatable bonds is 5. The fourth-order valence-electron chi connectivity index (χ4n) is 2.88. The van der Waals surface area contributed by atoms with Crippen molar-refractivity contribution in [3.8, 4) is 11.1 Å². The smallest absolute Gasteiger partial charge is 0.255 e. The molecule has 0 aliphatic heterocycles. The summed E-state index contributed by atoms with van der Waals surface area (Å²) < 4.78 is 23.5. The molecule has 3 aromatic rings. The molecule has 3 rings (SSSR count). The van der Waals surface area contributed by atoms with Crippen molar-refractivity contribution >= 4 is 27.3 Å². The molecule has 0 aromatic heterocycles. The van der Waals surface area contributed by atoms with Crippen LogP contribution in [0.3, 0.4) is 0 Å². The Kier molecular flexibility index (Phi) is 5.87. The molecule has 0 radical (unpaired) electrons. The van der Waals surface area contributed by atoms with Crippen molar-refractivity contribution in [2.24, 2.45) is 0 Å². The molecule has 0 aliphatic rings. The van der Waals surface area contributed by atoms with E-state index in [1.54, 1.807) is 7.05 Å². The van der Waals surface area contributed by atoms with Crippen molar-refractivity contribution in [3.05, 3.63) is 88.9 Å². The van der Waals surface area contributed by atoms with E-state index in [2.05, 4.69) is 0 Å². The number of carbonyl (C=O) groups excluding carboxylic acids is 1. The minimum absolute atomic E-state index is 0.0702. The third-order valence-corrected chi connectivity index (χ3v) is 5.86. The molecule has 4 nitrogen and oxygen atoms in total. The fourth-order valence-corrected chi connectivity index (χ4v) is 3.73. The van der Waals surface area contributed by atoms with Gasteiger partial charge in [0.15, 0.2) is 9.84 Å². The molecule has 0 N–H and O–H groups in total. The van der Waals surface area contributed by atoms with Gasteiger partial charge in [-0.05, 0) is 34.9 Å². The molecule has 28 heavy (non-hydrogen) atoms. The van der Waals surface area contributed by atoms with Crippen LogP contribution in [0.2, 0.25) is 5.02 Å². The van der Waals surface area contributed by atoms with E-state index < -0.39 is 9.84 Å². The summed E-state index contributed by atoms with van der Waals surface area (Å²) in [6.45, 7) is 0.382. The second-order valence-corrected chi connectivity index (χ2v) is 9.06. The van der Waals surface area contributed by atoms with Gasteiger partial charge in [-0.1, -0.05) is 66.2 Å². The number of carbonyl (C=O) groups is 1. The number of halogens is 1. The summed E-state index contributed by atoms with van der Waals surface area (Å²) in [4.78, 5) is 14.4. The first-order valence-corrected chi connectivity index (χ1v) is 10.9. The van der Waals surface area contributed by atoms with E-state index in [1.807, 2.05) is 54.6 Å². The van der Waals surface area contributed by atoms with Crippen LogP contribution in [0.25, 0.3) is 11.1 Å². The normalized spacial score (nSPS) is 11.2. The Balaban J connectivity index is 1.78. The Morgan fingerprint density at radius 3 is 2.14 bits per heavy atom. The summed E-state index contributed by atoms with van der Waals surface area (Å²) in [7, 11) is -1.76. The minimum atomic E-state index is -3.42. The van der Waals surface area contributed by atoms with Crippen LogP contribution in [-0.2, 0) is 16.4 Å². The van der Waals surface area contributed by atoms with Gasteiger partial charge in [-0.15, -0.1) is 0 Å². The van der Waals surface area contributed by atoms with Crippen LogP contribution in [0.1, 0.15) is 15.9 Å². The predicted octanol–water partition coefficient (Wildman–Crippen LogP) is 4.68. The standard InChI is InChI=1S/C22H20ClNO3S/c1-24(22(25)20-14-19(28(2,26)27)12-13-21(20)23)15-16-8-10-18(11-9-16)17-6-4-3-5-7-17/h3-14H,15H2,1-2H3. The van der Waals surface area contributed by atoms with Crippen molar-refractivity contribution in [3.63, 3.8) is 0 Å². The number of hydrogen-bond donors (Lipinski definition) is 0. The molecule has 0 fully saturated rings. The highest BCUT2D eigenvalue weighted by atomic mass is 35.5. The zero-order valence-corrected chi connectivity index (χ0v) is 17.2. The Hall–Kier alpha value is -2.63. The SMILES string of the molecule is CN(Cc1ccc(-c2ccccc2)cc1)C(=O)c1cc(S(C)(=O)=O)ccc1Cl. The molecule has 0 saturated carbocycles. The number of amides is 1. The molecule has 0 bridgehead atoms. The number of nitrogens with zero attached hydrogens (tertiary/aromatic N) is 1. The lowest BCUT2D eigenvalue weighted by Crippen LogP contribution is -2.26. The van der Waals surface area contributed by atoms with E-state index in [-0.39, 0.29) is 21.4 Å². The highest BCUT2D eigenvalue weighted by molar-refractivity contribution is 7.90. The van der Waals surface area contributed by atoms with Gasteiger partial charge in [0.05, 0.1) is 15.5 Å². The van der Waals surface area contributed by atoms with Crippen LogP contribution in [0, 0.1) is 0 Å². The van der Waals surface area contributed by atoms with Crippen LogP contribution in [-0.4, -0.2) is 32.5 Å². The Morgan fingerprint density at radius 1 is 0.929 bits per heavy atom. The molecule has 6 heteroatoms. The van der Waals surface area contributed by atoms with Crippen LogP contribution in [0.15, 0.2) is 77.7 Å². The Labute approximate surface area is 170 Å². The van der Waals surface area contributed by atoms with Crippen molar-refractivity contribution in [2.45, 2.75) is 11.4 Å². The largest absolute Gasteiger partial charge is 0.337 e. The van der Waals surface area contributed by atoms with Crippen LogP contribution >= 0.6 is 11.6 Å². The monoisotopic (exact) mass is 413 g/mol. The minimum Gasteiger partial charge on any atom is -0.337 e. The first kappa shape index (κ1) is 20.1. The lowest BCUT2D eigenvalue weighted by atomic mass is 10.0. The van der Waals surface area contributed by atoms with E-state index in [4.69, 9.17) is 11.6 Å². The second kappa shape index (κ2) is 8.17. The predicted molar refractivity (Wildman–Crippen MR) is 112 cm³/mol. The van der Waals surface area contributed by atoms with E-state index in [1.165, 1.54) is 23.1 Å². The number of benzene rings is 3. The maximum absolute atomic E-state index is 12.8. The van der Waals surface area contributed by atoms with Crippen molar-refractivity contribution in [1.82, 2.24) is 4.90 Å². The number of sulfone groups is 1. The van der Waals surface area contributed by atoms with Crippen molar-refractivity contribution in [2.75, 3.05) is 13.3 Å². The topological polar surface area (TPSA) is 54.5 Å². The van der Waals surface area contributed by atoms with Gasteiger partial charge >= 0.3 is 0 Å². The third-order valence-electron chi connectivity index (χ3n) is 4.42. The first-order valence-electron chi connectivity index (χ1n) is 8.65. The second-order valence-electron chi connectivity index (χ2n) is 6.64. The molecular formula is C22H20ClNO3S. The lowest BCUT2D eigenvalue weighted by molar-refractivity contribution is 0.0785. The molecule has 0 heterocycles. The van der Waals surface area contributed by atoms with Crippen molar-refractivity contribution in [1.29, 1.82) is 0 Å². The zero-order chi connectivity index (χ0) is 20.3. The van der Waals surface area contributed by atoms with Gasteiger partial charge in [0.25, 0.3) is 5.91 Å². The maximum Gasteiger partial charge on any atom is 0.255 e. The molecule has 0 unspecified atom stereocenters. The van der Waals surface area contributed by atoms with Crippen molar-refractivity contribution < 1.29 is 13.2 Å². The van der Waals surface area contributed by atoms with Gasteiger partial charge in [0, 0.05) is 19.8 Å². The van der Waals surface area contributed by atoms with Gasteiger partial charge in [-0.25, -0.2) is 8.42 Å². The third kappa shape index (κ3) is 4.61. The first-order chi connectivity index (χ1) is 13.3. The summed E-state index contributed by atoms with van der Waals surface area (Å²) in [6, 6.07) is 22.2. The van der Waals surface area contributed by atoms with Crippen LogP contribution < -0.4 is 0 Å². The van der Waals surface area contributed by atoms with Gasteiger partial charge < -0.3 is 4.90 Å². The molecule has 0 spiro atoms. The zero-order valence-electron chi connectivity index (χ0n) is 15.6. The van der Waals surface area contributed by atoms with Gasteiger partial charge in [-0.2, -0.15) is 0 Å². The lowest BCUT2D eigenvalue weighted by Gasteiger charge is -2.19. The highest BCUT2D eigenvalue weighted by Crippen LogP contribution is 2.23. The summed E-state index contributed by atoms with van der Waals surface area (Å²) in [5.41, 5.74) is 3.36. The van der Waals surface area contributed by atoms with E-state index in [9.17, 15) is 13.2 Å². The average Bonchev–Trinajstić information content (AvgIpc) is 2.68. The summed E-state index contributed by atoms with van der Waals surface area (Å²) in [6.07, 6.45) is 1.10. The molecule has 144 valence electrons. The van der Waals surface area contributed by atoms with E-state index >= 15 is 0 Å². The highest BCUT2D eigenvalue weighted by Gasteiger charge is 2.18. The van der Waals surface area contributed by atoms with E-state index in [0.29, 0.717) is 6.54 Å². The summed E-state index contributed by atoms with van der Waals surface area (Å²) in [5.74, 6) is -0.331. The van der Waals surface area contributed by atoms with Crippen LogP contribution in [0.4, 0.5) is 0 Å². The maximum atomic E-state index is 12.8. The molecule has 0 aliphatic carbocycles. The summed E-state index contributed by atoms with van der Waals surface area (Å²) >= 11 is 6.13. The molecule has 0 atom stereocenters. The Morgan fingerprint density at radius 2 is 1.54 bits per heavy atom. The van der Waals surface area contributed by atoms with Gasteiger partial charge in [-0.3, -0.25) is 4.79 Å². The molecule has 3 aromatic carbocycles. The summed E-state index contributed by atoms with van der Waals surface area (Å²) in [5, 5.41) is 0.226. The fraction of sp³-hybridized carbons (Fsp3) is 0.136. The molecule has 1 amide bonds. The Bertz CT molecular complexity index is 1090. The molecular weight excluding hydrogens is 394 g/mol. The number of hydrogen-bond acceptors (Lipinski definition) is 3. The average molecular weight is 414 g/mol. The van der Waals surface area contributed by atoms with Gasteiger partial charge in [0.2, 0.25) is 0 Å². The van der Waals surface area contributed by atoms with Gasteiger partial charge in [0.1, 0.15) is 0 Å². The van der Waals surface area contributed by atoms with Crippen LogP contribution in [0.5, 0.6) is 0 Å². The molecule has 0 saturated heterocycles.